The van der Waals surface area contributed by atoms with E-state index in [1.165, 1.54) is 18.2 Å². The van der Waals surface area contributed by atoms with Crippen LogP contribution in [0.15, 0.2) is 51.7 Å². The van der Waals surface area contributed by atoms with Crippen molar-refractivity contribution in [2.75, 3.05) is 13.2 Å². The van der Waals surface area contributed by atoms with Crippen LogP contribution in [0.5, 0.6) is 17.2 Å². The highest BCUT2D eigenvalue weighted by Crippen LogP contribution is 2.29. The summed E-state index contributed by atoms with van der Waals surface area (Å²) in [5.41, 5.74) is 1.49. The Labute approximate surface area is 211 Å². The van der Waals surface area contributed by atoms with Gasteiger partial charge in [-0.05, 0) is 55.5 Å². The van der Waals surface area contributed by atoms with E-state index in [0.717, 1.165) is 23.8 Å². The SMILES string of the molecule is C#CCCCCOc1cc(OS(=O)(=O)OCC(C)C)ccc1COc1ccc2c(C)cc(=O)oc2c1. The van der Waals surface area contributed by atoms with Gasteiger partial charge in [0.05, 0.1) is 13.2 Å². The van der Waals surface area contributed by atoms with Gasteiger partial charge >= 0.3 is 16.0 Å². The first kappa shape index (κ1) is 27.1. The molecule has 0 saturated carbocycles. The van der Waals surface area contributed by atoms with E-state index in [1.807, 2.05) is 26.8 Å². The number of benzene rings is 2. The van der Waals surface area contributed by atoms with Crippen LogP contribution in [-0.2, 0) is 21.2 Å². The molecule has 0 aliphatic rings. The largest absolute Gasteiger partial charge is 0.493 e. The molecule has 8 nitrogen and oxygen atoms in total. The molecule has 0 amide bonds. The van der Waals surface area contributed by atoms with Crippen LogP contribution in [0, 0.1) is 25.2 Å². The molecule has 2 aromatic carbocycles. The van der Waals surface area contributed by atoms with Crippen LogP contribution in [0.1, 0.15) is 44.2 Å². The molecule has 0 aliphatic carbocycles. The van der Waals surface area contributed by atoms with E-state index in [9.17, 15) is 13.2 Å². The molecule has 9 heteroatoms. The summed E-state index contributed by atoms with van der Waals surface area (Å²) in [7, 11) is -4.22. The van der Waals surface area contributed by atoms with Crippen LogP contribution in [0.3, 0.4) is 0 Å². The quantitative estimate of drug-likeness (QED) is 0.175. The fourth-order valence-corrected chi connectivity index (χ4v) is 4.10. The second kappa shape index (κ2) is 12.5. The summed E-state index contributed by atoms with van der Waals surface area (Å²) in [4.78, 5) is 11.7. The number of rotatable bonds is 13. The summed E-state index contributed by atoms with van der Waals surface area (Å²) in [6, 6.07) is 11.3. The lowest BCUT2D eigenvalue weighted by Gasteiger charge is -2.15. The van der Waals surface area contributed by atoms with Gasteiger partial charge in [-0.25, -0.2) is 8.98 Å². The Kier molecular flexibility index (Phi) is 9.39. The monoisotopic (exact) mass is 514 g/mol. The molecular weight excluding hydrogens is 484 g/mol. The van der Waals surface area contributed by atoms with Gasteiger partial charge in [0, 0.05) is 35.6 Å². The molecule has 1 aromatic heterocycles. The zero-order valence-corrected chi connectivity index (χ0v) is 21.4. The molecule has 36 heavy (non-hydrogen) atoms. The van der Waals surface area contributed by atoms with E-state index in [1.54, 1.807) is 18.2 Å². The first-order chi connectivity index (χ1) is 17.2. The predicted octanol–water partition coefficient (Wildman–Crippen LogP) is 5.16. The average molecular weight is 515 g/mol. The highest BCUT2D eigenvalue weighted by Gasteiger charge is 2.17. The van der Waals surface area contributed by atoms with Crippen LogP contribution in [0.4, 0.5) is 0 Å². The minimum absolute atomic E-state index is 0.0121. The smallest absolute Gasteiger partial charge is 0.449 e. The molecular formula is C27H30O8S. The van der Waals surface area contributed by atoms with Crippen molar-refractivity contribution in [3.05, 3.63) is 64.0 Å². The molecule has 0 saturated heterocycles. The molecule has 1 heterocycles. The van der Waals surface area contributed by atoms with Gasteiger partial charge in [0.25, 0.3) is 0 Å². The molecule has 192 valence electrons. The third kappa shape index (κ3) is 8.04. The zero-order valence-electron chi connectivity index (χ0n) is 20.6. The Morgan fingerprint density at radius 1 is 1.03 bits per heavy atom. The van der Waals surface area contributed by atoms with E-state index in [-0.39, 0.29) is 24.9 Å². The van der Waals surface area contributed by atoms with E-state index >= 15 is 0 Å². The number of unbranched alkanes of at least 4 members (excludes halogenated alkanes) is 2. The summed E-state index contributed by atoms with van der Waals surface area (Å²) >= 11 is 0. The van der Waals surface area contributed by atoms with Gasteiger partial charge in [-0.15, -0.1) is 12.3 Å². The van der Waals surface area contributed by atoms with Crippen LogP contribution in [0.2, 0.25) is 0 Å². The fourth-order valence-electron chi connectivity index (χ4n) is 3.27. The Hall–Kier alpha value is -3.48. The Bertz CT molecular complexity index is 1380. The number of aryl methyl sites for hydroxylation is 1. The highest BCUT2D eigenvalue weighted by atomic mass is 32.3. The van der Waals surface area contributed by atoms with Crippen molar-refractivity contribution < 1.29 is 30.7 Å². The molecule has 0 aliphatic heterocycles. The van der Waals surface area contributed by atoms with Gasteiger partial charge in [0.2, 0.25) is 0 Å². The Balaban J connectivity index is 1.77. The van der Waals surface area contributed by atoms with Crippen LogP contribution < -0.4 is 19.3 Å². The molecule has 0 N–H and O–H groups in total. The second-order valence-electron chi connectivity index (χ2n) is 8.64. The van der Waals surface area contributed by atoms with Crippen LogP contribution in [-0.4, -0.2) is 21.6 Å². The fraction of sp³-hybridized carbons (Fsp3) is 0.370. The van der Waals surface area contributed by atoms with Gasteiger partial charge in [-0.2, -0.15) is 8.42 Å². The average Bonchev–Trinajstić information content (AvgIpc) is 2.81. The van der Waals surface area contributed by atoms with Gasteiger partial charge in [0.1, 0.15) is 29.4 Å². The lowest BCUT2D eigenvalue weighted by atomic mass is 10.1. The standard InChI is InChI=1S/C27H30O8S/c1-5-6-7-8-13-31-25-16-23(35-36(29,30)33-17-19(2)3)10-9-21(25)18-32-22-11-12-24-20(4)14-27(28)34-26(24)15-22/h1,9-12,14-16,19H,6-8,13,17-18H2,2-4H3. The normalized spacial score (nSPS) is 11.4. The van der Waals surface area contributed by atoms with Gasteiger partial charge in [-0.1, -0.05) is 13.8 Å². The van der Waals surface area contributed by atoms with E-state index in [0.29, 0.717) is 35.7 Å². The van der Waals surface area contributed by atoms with Crippen molar-refractivity contribution in [1.82, 2.24) is 0 Å². The highest BCUT2D eigenvalue weighted by molar-refractivity contribution is 7.82. The lowest BCUT2D eigenvalue weighted by Crippen LogP contribution is -2.16. The minimum atomic E-state index is -4.22. The summed E-state index contributed by atoms with van der Waals surface area (Å²) in [6.07, 6.45) is 7.48. The summed E-state index contributed by atoms with van der Waals surface area (Å²) in [5.74, 6) is 3.58. The van der Waals surface area contributed by atoms with Crippen molar-refractivity contribution in [2.24, 2.45) is 5.92 Å². The van der Waals surface area contributed by atoms with E-state index < -0.39 is 16.0 Å². The molecule has 0 atom stereocenters. The molecule has 0 unspecified atom stereocenters. The maximum atomic E-state index is 12.1. The Morgan fingerprint density at radius 2 is 1.81 bits per heavy atom. The third-order valence-corrected chi connectivity index (χ3v) is 5.89. The number of hydrogen-bond acceptors (Lipinski definition) is 8. The third-order valence-electron chi connectivity index (χ3n) is 5.07. The van der Waals surface area contributed by atoms with Crippen molar-refractivity contribution in [3.8, 4) is 29.6 Å². The van der Waals surface area contributed by atoms with Gasteiger partial charge in [0.15, 0.2) is 0 Å². The number of terminal acetylenes is 1. The second-order valence-corrected chi connectivity index (χ2v) is 9.86. The van der Waals surface area contributed by atoms with Crippen molar-refractivity contribution >= 4 is 21.4 Å². The summed E-state index contributed by atoms with van der Waals surface area (Å²) in [6.45, 7) is 6.03. The molecule has 0 bridgehead atoms. The molecule has 0 radical (unpaired) electrons. The number of fused-ring (bicyclic) bond motifs is 1. The zero-order chi connectivity index (χ0) is 26.1. The van der Waals surface area contributed by atoms with E-state index in [4.69, 9.17) is 28.7 Å². The number of ether oxygens (including phenoxy) is 2. The first-order valence-corrected chi connectivity index (χ1v) is 13.0. The van der Waals surface area contributed by atoms with Gasteiger partial charge < -0.3 is 18.1 Å². The minimum Gasteiger partial charge on any atom is -0.493 e. The van der Waals surface area contributed by atoms with Crippen LogP contribution >= 0.6 is 0 Å². The Morgan fingerprint density at radius 3 is 2.56 bits per heavy atom. The van der Waals surface area contributed by atoms with E-state index in [2.05, 4.69) is 5.92 Å². The van der Waals surface area contributed by atoms with Crippen molar-refractivity contribution in [3.63, 3.8) is 0 Å². The van der Waals surface area contributed by atoms with Crippen molar-refractivity contribution in [2.45, 2.75) is 46.6 Å². The maximum absolute atomic E-state index is 12.1. The number of hydrogen-bond donors (Lipinski definition) is 0. The molecule has 0 fully saturated rings. The van der Waals surface area contributed by atoms with Crippen LogP contribution in [0.25, 0.3) is 11.0 Å². The first-order valence-electron chi connectivity index (χ1n) is 11.6. The predicted molar refractivity (Wildman–Crippen MR) is 137 cm³/mol. The molecule has 0 spiro atoms. The maximum Gasteiger partial charge on any atom is 0.449 e. The molecule has 3 aromatic rings. The lowest BCUT2D eigenvalue weighted by molar-refractivity contribution is 0.241. The van der Waals surface area contributed by atoms with Crippen molar-refractivity contribution in [1.29, 1.82) is 0 Å². The summed E-state index contributed by atoms with van der Waals surface area (Å²) < 4.78 is 51.3. The van der Waals surface area contributed by atoms with Gasteiger partial charge in [-0.3, -0.25) is 0 Å². The summed E-state index contributed by atoms with van der Waals surface area (Å²) in [5, 5.41) is 0.820. The topological polar surface area (TPSA) is 101 Å². The molecule has 3 rings (SSSR count).